The van der Waals surface area contributed by atoms with Crippen LogP contribution in [0.25, 0.3) is 0 Å². The van der Waals surface area contributed by atoms with Crippen molar-refractivity contribution in [1.29, 1.82) is 0 Å². The van der Waals surface area contributed by atoms with Crippen LogP contribution in [0.2, 0.25) is 0 Å². The molecule has 1 aromatic rings. The van der Waals surface area contributed by atoms with E-state index in [0.29, 0.717) is 13.2 Å². The number of ether oxygens (including phenoxy) is 3. The number of likely N-dealkylation sites (N-methyl/N-ethyl adjacent to an activating group) is 1. The number of methoxy groups -OCH3 is 2. The summed E-state index contributed by atoms with van der Waals surface area (Å²) in [6, 6.07) is 7.90. The monoisotopic (exact) mass is 253 g/mol. The molecule has 0 radical (unpaired) electrons. The van der Waals surface area contributed by atoms with E-state index in [9.17, 15) is 0 Å². The van der Waals surface area contributed by atoms with Crippen molar-refractivity contribution in [3.63, 3.8) is 0 Å². The van der Waals surface area contributed by atoms with Crippen LogP contribution in [0.15, 0.2) is 24.3 Å². The Hall–Kier alpha value is -1.10. The fourth-order valence-electron chi connectivity index (χ4n) is 1.59. The molecule has 1 N–H and O–H groups in total. The molecule has 4 heteroatoms. The summed E-state index contributed by atoms with van der Waals surface area (Å²) in [5.74, 6) is 0.861. The maximum absolute atomic E-state index is 5.82. The van der Waals surface area contributed by atoms with Crippen molar-refractivity contribution in [3.05, 3.63) is 29.8 Å². The van der Waals surface area contributed by atoms with E-state index in [2.05, 4.69) is 12.2 Å². The van der Waals surface area contributed by atoms with Crippen molar-refractivity contribution in [2.75, 3.05) is 33.9 Å². The van der Waals surface area contributed by atoms with Gasteiger partial charge in [-0.25, -0.2) is 0 Å². The minimum atomic E-state index is 0.0806. The van der Waals surface area contributed by atoms with E-state index in [1.54, 1.807) is 14.2 Å². The van der Waals surface area contributed by atoms with Crippen molar-refractivity contribution in [2.45, 2.75) is 19.6 Å². The summed E-state index contributed by atoms with van der Waals surface area (Å²) in [4.78, 5) is 0. The van der Waals surface area contributed by atoms with Crippen LogP contribution in [0, 0.1) is 0 Å². The highest BCUT2D eigenvalue weighted by Gasteiger charge is 2.08. The predicted molar refractivity (Wildman–Crippen MR) is 72.0 cm³/mol. The quantitative estimate of drug-likeness (QED) is 0.729. The first-order valence-electron chi connectivity index (χ1n) is 6.24. The van der Waals surface area contributed by atoms with Gasteiger partial charge >= 0.3 is 0 Å². The van der Waals surface area contributed by atoms with Gasteiger partial charge in [-0.15, -0.1) is 0 Å². The predicted octanol–water partition coefficient (Wildman–Crippen LogP) is 1.84. The zero-order valence-electron chi connectivity index (χ0n) is 11.4. The number of rotatable bonds is 9. The summed E-state index contributed by atoms with van der Waals surface area (Å²) < 4.78 is 16.1. The summed E-state index contributed by atoms with van der Waals surface area (Å²) in [7, 11) is 3.35. The lowest BCUT2D eigenvalue weighted by Crippen LogP contribution is -2.32. The second-order valence-corrected chi connectivity index (χ2v) is 4.04. The Labute approximate surface area is 109 Å². The lowest BCUT2D eigenvalue weighted by molar-refractivity contribution is -0.00986. The molecule has 0 saturated heterocycles. The zero-order valence-corrected chi connectivity index (χ0v) is 11.4. The van der Waals surface area contributed by atoms with Gasteiger partial charge in [0.1, 0.15) is 5.75 Å². The van der Waals surface area contributed by atoms with Gasteiger partial charge in [-0.2, -0.15) is 0 Å². The van der Waals surface area contributed by atoms with Crippen LogP contribution in [0.1, 0.15) is 12.5 Å². The summed E-state index contributed by atoms with van der Waals surface area (Å²) in [5, 5.41) is 3.26. The fourth-order valence-corrected chi connectivity index (χ4v) is 1.59. The summed E-state index contributed by atoms with van der Waals surface area (Å²) in [6.07, 6.45) is 0.0806. The van der Waals surface area contributed by atoms with Gasteiger partial charge in [0, 0.05) is 13.7 Å². The van der Waals surface area contributed by atoms with E-state index in [4.69, 9.17) is 14.2 Å². The molecule has 0 aliphatic heterocycles. The minimum Gasteiger partial charge on any atom is -0.497 e. The lowest BCUT2D eigenvalue weighted by atomic mass is 10.2. The van der Waals surface area contributed by atoms with Gasteiger partial charge in [0.25, 0.3) is 0 Å². The molecule has 1 aromatic carbocycles. The molecule has 1 unspecified atom stereocenters. The molecule has 0 aliphatic carbocycles. The maximum Gasteiger partial charge on any atom is 0.118 e. The average molecular weight is 253 g/mol. The zero-order chi connectivity index (χ0) is 13.2. The van der Waals surface area contributed by atoms with Crippen molar-refractivity contribution in [1.82, 2.24) is 5.32 Å². The van der Waals surface area contributed by atoms with Gasteiger partial charge in [-0.05, 0) is 24.2 Å². The number of benzene rings is 1. The Bertz CT molecular complexity index is 313. The third kappa shape index (κ3) is 5.49. The van der Waals surface area contributed by atoms with E-state index in [0.717, 1.165) is 24.4 Å². The third-order valence-corrected chi connectivity index (χ3v) is 2.62. The number of hydrogen-bond donors (Lipinski definition) is 1. The maximum atomic E-state index is 5.82. The van der Waals surface area contributed by atoms with Gasteiger partial charge < -0.3 is 19.5 Å². The molecule has 0 aliphatic rings. The highest BCUT2D eigenvalue weighted by Crippen LogP contribution is 2.12. The molecule has 0 saturated carbocycles. The molecule has 4 nitrogen and oxygen atoms in total. The van der Waals surface area contributed by atoms with E-state index >= 15 is 0 Å². The van der Waals surface area contributed by atoms with Crippen LogP contribution < -0.4 is 10.1 Å². The van der Waals surface area contributed by atoms with Crippen LogP contribution in [0.5, 0.6) is 5.75 Å². The normalized spacial score (nSPS) is 12.4. The first-order valence-corrected chi connectivity index (χ1v) is 6.24. The minimum absolute atomic E-state index is 0.0806. The van der Waals surface area contributed by atoms with Crippen LogP contribution in [-0.4, -0.2) is 40.0 Å². The summed E-state index contributed by atoms with van der Waals surface area (Å²) >= 11 is 0. The first kappa shape index (κ1) is 15.0. The lowest BCUT2D eigenvalue weighted by Gasteiger charge is -2.17. The Morgan fingerprint density at radius 1 is 1.17 bits per heavy atom. The molecular formula is C14H23NO3. The van der Waals surface area contributed by atoms with E-state index in [1.165, 1.54) is 0 Å². The van der Waals surface area contributed by atoms with Crippen LogP contribution in [0.3, 0.4) is 0 Å². The largest absolute Gasteiger partial charge is 0.497 e. The average Bonchev–Trinajstić information content (AvgIpc) is 2.42. The second kappa shape index (κ2) is 8.91. The smallest absolute Gasteiger partial charge is 0.118 e. The highest BCUT2D eigenvalue weighted by molar-refractivity contribution is 5.26. The summed E-state index contributed by atoms with van der Waals surface area (Å²) in [5.41, 5.74) is 1.13. The van der Waals surface area contributed by atoms with E-state index < -0.39 is 0 Å². The molecule has 1 rings (SSSR count). The Morgan fingerprint density at radius 2 is 1.89 bits per heavy atom. The van der Waals surface area contributed by atoms with Gasteiger partial charge in [0.05, 0.1) is 26.4 Å². The topological polar surface area (TPSA) is 39.7 Å². The number of hydrogen-bond acceptors (Lipinski definition) is 4. The fraction of sp³-hybridized carbons (Fsp3) is 0.571. The molecule has 0 aromatic heterocycles. The Morgan fingerprint density at radius 3 is 2.44 bits per heavy atom. The Kier molecular flexibility index (Phi) is 7.41. The molecule has 0 spiro atoms. The van der Waals surface area contributed by atoms with Crippen LogP contribution in [0.4, 0.5) is 0 Å². The first-order chi connectivity index (χ1) is 8.80. The summed E-state index contributed by atoms with van der Waals surface area (Å²) in [6.45, 7) is 5.01. The van der Waals surface area contributed by atoms with Crippen molar-refractivity contribution < 1.29 is 14.2 Å². The molecule has 0 bridgehead atoms. The van der Waals surface area contributed by atoms with Crippen LogP contribution >= 0.6 is 0 Å². The van der Waals surface area contributed by atoms with Crippen molar-refractivity contribution >= 4 is 0 Å². The van der Waals surface area contributed by atoms with E-state index in [-0.39, 0.29) is 6.10 Å². The van der Waals surface area contributed by atoms with Crippen LogP contribution in [-0.2, 0) is 16.1 Å². The van der Waals surface area contributed by atoms with Gasteiger partial charge in [0.15, 0.2) is 0 Å². The molecule has 18 heavy (non-hydrogen) atoms. The van der Waals surface area contributed by atoms with Crippen molar-refractivity contribution in [2.24, 2.45) is 0 Å². The molecule has 102 valence electrons. The van der Waals surface area contributed by atoms with E-state index in [1.807, 2.05) is 24.3 Å². The number of nitrogens with one attached hydrogen (secondary N) is 1. The van der Waals surface area contributed by atoms with Gasteiger partial charge in [0.2, 0.25) is 0 Å². The molecular weight excluding hydrogens is 230 g/mol. The molecule has 0 heterocycles. The Balaban J connectivity index is 2.39. The van der Waals surface area contributed by atoms with Gasteiger partial charge in [-0.3, -0.25) is 0 Å². The van der Waals surface area contributed by atoms with Crippen molar-refractivity contribution in [3.8, 4) is 5.75 Å². The molecule has 0 amide bonds. The third-order valence-electron chi connectivity index (χ3n) is 2.62. The molecule has 0 fully saturated rings. The van der Waals surface area contributed by atoms with Gasteiger partial charge in [-0.1, -0.05) is 19.1 Å². The highest BCUT2D eigenvalue weighted by atomic mass is 16.5. The standard InChI is InChI=1S/C14H23NO3/c1-4-15-9-14(11-16-2)18-10-12-5-7-13(17-3)8-6-12/h5-8,14-15H,4,9-11H2,1-3H3. The second-order valence-electron chi connectivity index (χ2n) is 4.04. The molecule has 1 atom stereocenters. The SMILES string of the molecule is CCNCC(COC)OCc1ccc(OC)cc1.